The Bertz CT molecular complexity index is 241. The van der Waals surface area contributed by atoms with Gasteiger partial charge in [-0.15, -0.1) is 11.8 Å². The van der Waals surface area contributed by atoms with Crippen molar-refractivity contribution in [3.63, 3.8) is 0 Å². The van der Waals surface area contributed by atoms with Gasteiger partial charge in [0.25, 0.3) is 0 Å². The number of hydrogen-bond acceptors (Lipinski definition) is 3. The zero-order valence-corrected chi connectivity index (χ0v) is 7.27. The molecule has 0 aromatic carbocycles. The molecule has 0 bridgehead atoms. The number of rotatable bonds is 2. The maximum atomic E-state index is 4.28. The molecule has 0 N–H and O–H groups in total. The normalized spacial score (nSPS) is 16.8. The molecule has 1 saturated carbocycles. The van der Waals surface area contributed by atoms with E-state index in [1.807, 2.05) is 18.6 Å². The average molecular weight is 166 g/mol. The molecule has 0 saturated heterocycles. The molecule has 0 amide bonds. The Labute approximate surface area is 70.4 Å². The van der Waals surface area contributed by atoms with E-state index in [4.69, 9.17) is 0 Å². The van der Waals surface area contributed by atoms with Crippen molar-refractivity contribution in [3.05, 3.63) is 18.2 Å². The van der Waals surface area contributed by atoms with Crippen molar-refractivity contribution in [3.8, 4) is 0 Å². The Kier molecular flexibility index (Phi) is 1.82. The highest BCUT2D eigenvalue weighted by Crippen LogP contribution is 2.37. The van der Waals surface area contributed by atoms with Crippen LogP contribution in [0.2, 0.25) is 0 Å². The Morgan fingerprint density at radius 3 is 2.45 bits per heavy atom. The molecule has 2 rings (SSSR count). The van der Waals surface area contributed by atoms with Crippen molar-refractivity contribution < 1.29 is 0 Å². The highest BCUT2D eigenvalue weighted by Gasteiger charge is 2.25. The van der Waals surface area contributed by atoms with Crippen LogP contribution in [0, 0.1) is 0 Å². The van der Waals surface area contributed by atoms with Gasteiger partial charge >= 0.3 is 0 Å². The fraction of sp³-hybridized carbons (Fsp3) is 0.500. The lowest BCUT2D eigenvalue weighted by atomic mass is 10.4. The number of hydrogen-bond donors (Lipinski definition) is 0. The minimum absolute atomic E-state index is 0.672. The van der Waals surface area contributed by atoms with Crippen molar-refractivity contribution in [1.29, 1.82) is 0 Å². The zero-order chi connectivity index (χ0) is 7.68. The summed E-state index contributed by atoms with van der Waals surface area (Å²) in [4.78, 5) is 9.71. The summed E-state index contributed by atoms with van der Waals surface area (Å²) >= 11 is 1.68. The molecule has 3 heteroatoms. The minimum Gasteiger partial charge on any atom is -0.240 e. The summed E-state index contributed by atoms with van der Waals surface area (Å²) in [5.74, 6) is 1.70. The Morgan fingerprint density at radius 2 is 2.00 bits per heavy atom. The number of nitrogens with zero attached hydrogens (tertiary/aromatic N) is 2. The summed E-state index contributed by atoms with van der Waals surface area (Å²) in [5, 5.41) is 0. The smallest absolute Gasteiger partial charge is 0.131 e. The predicted molar refractivity (Wildman–Crippen MR) is 45.8 cm³/mol. The Balaban J connectivity index is 2.19. The van der Waals surface area contributed by atoms with Crippen LogP contribution in [0.1, 0.15) is 24.6 Å². The van der Waals surface area contributed by atoms with Crippen molar-refractivity contribution >= 4 is 11.8 Å². The van der Waals surface area contributed by atoms with Gasteiger partial charge in [0.05, 0.1) is 0 Å². The number of aromatic nitrogens is 2. The van der Waals surface area contributed by atoms with Crippen molar-refractivity contribution in [2.24, 2.45) is 0 Å². The van der Waals surface area contributed by atoms with Crippen LogP contribution in [0.3, 0.4) is 0 Å². The first-order valence-corrected chi connectivity index (χ1v) is 4.98. The van der Waals surface area contributed by atoms with Crippen LogP contribution in [0.5, 0.6) is 0 Å². The van der Waals surface area contributed by atoms with Crippen LogP contribution in [-0.4, -0.2) is 16.2 Å². The Morgan fingerprint density at radius 1 is 1.36 bits per heavy atom. The maximum Gasteiger partial charge on any atom is 0.131 e. The summed E-state index contributed by atoms with van der Waals surface area (Å²) in [6.07, 6.45) is 8.41. The fourth-order valence-corrected chi connectivity index (χ4v) is 1.30. The highest BCUT2D eigenvalue weighted by molar-refractivity contribution is 7.98. The van der Waals surface area contributed by atoms with Gasteiger partial charge < -0.3 is 0 Å². The predicted octanol–water partition coefficient (Wildman–Crippen LogP) is 2.08. The molecular weight excluding hydrogens is 156 g/mol. The van der Waals surface area contributed by atoms with E-state index in [9.17, 15) is 0 Å². The lowest BCUT2D eigenvalue weighted by molar-refractivity contribution is 0.905. The molecule has 1 aliphatic rings. The van der Waals surface area contributed by atoms with Gasteiger partial charge in [0.1, 0.15) is 5.82 Å². The van der Waals surface area contributed by atoms with E-state index in [1.165, 1.54) is 12.8 Å². The third-order valence-corrected chi connectivity index (χ3v) is 2.51. The molecule has 0 aliphatic heterocycles. The molecule has 1 fully saturated rings. The number of thioether (sulfide) groups is 1. The second kappa shape index (κ2) is 2.81. The third-order valence-electron chi connectivity index (χ3n) is 1.83. The monoisotopic (exact) mass is 166 g/mol. The molecule has 1 aromatic rings. The summed E-state index contributed by atoms with van der Waals surface area (Å²) in [6.45, 7) is 0. The van der Waals surface area contributed by atoms with E-state index in [0.29, 0.717) is 5.92 Å². The van der Waals surface area contributed by atoms with Gasteiger partial charge in [0.15, 0.2) is 0 Å². The van der Waals surface area contributed by atoms with Gasteiger partial charge in [-0.2, -0.15) is 0 Å². The van der Waals surface area contributed by atoms with Gasteiger partial charge in [-0.25, -0.2) is 9.97 Å². The summed E-state index contributed by atoms with van der Waals surface area (Å²) in [6, 6.07) is 0. The summed E-state index contributed by atoms with van der Waals surface area (Å²) in [5.41, 5.74) is 0. The van der Waals surface area contributed by atoms with Crippen LogP contribution in [-0.2, 0) is 0 Å². The second-order valence-electron chi connectivity index (χ2n) is 2.76. The van der Waals surface area contributed by atoms with E-state index in [2.05, 4.69) is 9.97 Å². The first-order valence-electron chi connectivity index (χ1n) is 3.76. The molecule has 1 aliphatic carbocycles. The molecule has 0 unspecified atom stereocenters. The van der Waals surface area contributed by atoms with E-state index < -0.39 is 0 Å². The SMILES string of the molecule is CSc1cnc(C2CC2)nc1. The van der Waals surface area contributed by atoms with Gasteiger partial charge in [-0.05, 0) is 19.1 Å². The van der Waals surface area contributed by atoms with Crippen LogP contribution >= 0.6 is 11.8 Å². The van der Waals surface area contributed by atoms with E-state index in [1.54, 1.807) is 11.8 Å². The minimum atomic E-state index is 0.672. The molecular formula is C8H10N2S. The molecule has 11 heavy (non-hydrogen) atoms. The Hall–Kier alpha value is -0.570. The van der Waals surface area contributed by atoms with Crippen LogP contribution in [0.15, 0.2) is 17.3 Å². The molecule has 0 radical (unpaired) electrons. The molecule has 2 nitrogen and oxygen atoms in total. The van der Waals surface area contributed by atoms with E-state index in [-0.39, 0.29) is 0 Å². The summed E-state index contributed by atoms with van der Waals surface area (Å²) < 4.78 is 0. The third kappa shape index (κ3) is 1.53. The largest absolute Gasteiger partial charge is 0.240 e. The standard InChI is InChI=1S/C8H10N2S/c1-11-7-4-9-8(10-5-7)6-2-3-6/h4-6H,2-3H2,1H3. The average Bonchev–Trinajstić information content (AvgIpc) is 2.87. The summed E-state index contributed by atoms with van der Waals surface area (Å²) in [7, 11) is 0. The molecule has 0 spiro atoms. The quantitative estimate of drug-likeness (QED) is 0.629. The second-order valence-corrected chi connectivity index (χ2v) is 3.64. The maximum absolute atomic E-state index is 4.28. The van der Waals surface area contributed by atoms with Gasteiger partial charge in [-0.3, -0.25) is 0 Å². The van der Waals surface area contributed by atoms with Gasteiger partial charge in [0, 0.05) is 23.2 Å². The van der Waals surface area contributed by atoms with E-state index >= 15 is 0 Å². The topological polar surface area (TPSA) is 25.8 Å². The first kappa shape index (κ1) is 7.10. The molecule has 0 atom stereocenters. The van der Waals surface area contributed by atoms with Crippen molar-refractivity contribution in [1.82, 2.24) is 9.97 Å². The zero-order valence-electron chi connectivity index (χ0n) is 6.45. The first-order chi connectivity index (χ1) is 5.40. The van der Waals surface area contributed by atoms with Gasteiger partial charge in [-0.1, -0.05) is 0 Å². The van der Waals surface area contributed by atoms with Crippen LogP contribution in [0.25, 0.3) is 0 Å². The molecule has 58 valence electrons. The van der Waals surface area contributed by atoms with Gasteiger partial charge in [0.2, 0.25) is 0 Å². The van der Waals surface area contributed by atoms with Crippen LogP contribution < -0.4 is 0 Å². The van der Waals surface area contributed by atoms with Crippen molar-refractivity contribution in [2.45, 2.75) is 23.7 Å². The lowest BCUT2D eigenvalue weighted by Gasteiger charge is -1.96. The van der Waals surface area contributed by atoms with Crippen molar-refractivity contribution in [2.75, 3.05) is 6.26 Å². The molecule has 1 heterocycles. The lowest BCUT2D eigenvalue weighted by Crippen LogP contribution is -1.90. The fourth-order valence-electron chi connectivity index (χ4n) is 0.984. The van der Waals surface area contributed by atoms with E-state index in [0.717, 1.165) is 10.7 Å². The highest BCUT2D eigenvalue weighted by atomic mass is 32.2. The molecule has 1 aromatic heterocycles. The van der Waals surface area contributed by atoms with Crippen LogP contribution in [0.4, 0.5) is 0 Å².